The molecular weight excluding hydrogens is 251 g/mol. The minimum absolute atomic E-state index is 0.478. The van der Waals surface area contributed by atoms with Crippen molar-refractivity contribution in [2.45, 2.75) is 84.4 Å². The molecule has 4 fully saturated rings. The third-order valence-electron chi connectivity index (χ3n) is 9.00. The normalized spacial score (nSPS) is 60.0. The van der Waals surface area contributed by atoms with E-state index in [1.165, 1.54) is 57.8 Å². The van der Waals surface area contributed by atoms with Crippen LogP contribution in [0.25, 0.3) is 0 Å². The van der Waals surface area contributed by atoms with Gasteiger partial charge in [-0.05, 0) is 78.9 Å². The molecule has 0 aromatic rings. The lowest BCUT2D eigenvalue weighted by Gasteiger charge is -2.61. The van der Waals surface area contributed by atoms with E-state index in [-0.39, 0.29) is 0 Å². The summed E-state index contributed by atoms with van der Waals surface area (Å²) >= 11 is 0. The molecule has 0 amide bonds. The summed E-state index contributed by atoms with van der Waals surface area (Å²) in [5.41, 5.74) is 1.15. The fraction of sp³-hybridized carbons (Fsp3) is 1.00. The Morgan fingerprint density at radius 3 is 2.33 bits per heavy atom. The van der Waals surface area contributed by atoms with Crippen LogP contribution in [0, 0.1) is 40.4 Å². The van der Waals surface area contributed by atoms with Gasteiger partial charge in [-0.1, -0.05) is 45.9 Å². The second kappa shape index (κ2) is 4.78. The lowest BCUT2D eigenvalue weighted by molar-refractivity contribution is -0.109. The minimum atomic E-state index is 0.478. The molecule has 8 atom stereocenters. The SMILES string of the molecule is [B]C1CCC2C3CCC4CC(C)CCC4(C)C3CCC12C. The summed E-state index contributed by atoms with van der Waals surface area (Å²) < 4.78 is 0. The molecule has 0 heterocycles. The Labute approximate surface area is 133 Å². The smallest absolute Gasteiger partial charge is 0.0707 e. The zero-order valence-electron chi connectivity index (χ0n) is 14.4. The van der Waals surface area contributed by atoms with Crippen molar-refractivity contribution < 1.29 is 0 Å². The zero-order valence-corrected chi connectivity index (χ0v) is 14.4. The standard InChI is InChI=1S/C20H33B/c1-13-8-10-19(2)14(12-13)4-5-15-16-6-7-18(21)20(16,3)11-9-17(15)19/h13-18H,4-12H2,1-3H3. The Morgan fingerprint density at radius 1 is 0.810 bits per heavy atom. The Hall–Kier alpha value is 0.0649. The van der Waals surface area contributed by atoms with Gasteiger partial charge in [-0.2, -0.15) is 0 Å². The van der Waals surface area contributed by atoms with Gasteiger partial charge >= 0.3 is 0 Å². The van der Waals surface area contributed by atoms with Crippen LogP contribution in [0.4, 0.5) is 0 Å². The number of rotatable bonds is 0. The highest BCUT2D eigenvalue weighted by molar-refractivity contribution is 6.12. The van der Waals surface area contributed by atoms with Gasteiger partial charge in [-0.25, -0.2) is 0 Å². The van der Waals surface area contributed by atoms with Gasteiger partial charge in [0.05, 0.1) is 7.85 Å². The molecule has 0 nitrogen and oxygen atoms in total. The van der Waals surface area contributed by atoms with Crippen molar-refractivity contribution in [1.29, 1.82) is 0 Å². The summed E-state index contributed by atoms with van der Waals surface area (Å²) in [6.45, 7) is 7.69. The minimum Gasteiger partial charge on any atom is -0.0718 e. The zero-order chi connectivity index (χ0) is 14.8. The molecule has 21 heavy (non-hydrogen) atoms. The maximum absolute atomic E-state index is 6.53. The van der Waals surface area contributed by atoms with Gasteiger partial charge in [-0.15, -0.1) is 0 Å². The van der Waals surface area contributed by atoms with Crippen molar-refractivity contribution in [3.8, 4) is 0 Å². The van der Waals surface area contributed by atoms with E-state index in [1.807, 2.05) is 0 Å². The van der Waals surface area contributed by atoms with Crippen LogP contribution in [0.3, 0.4) is 0 Å². The maximum Gasteiger partial charge on any atom is 0.0707 e. The molecule has 4 aliphatic rings. The third-order valence-corrected chi connectivity index (χ3v) is 9.00. The molecule has 4 aliphatic carbocycles. The van der Waals surface area contributed by atoms with Crippen LogP contribution in [0.1, 0.15) is 78.6 Å². The number of hydrogen-bond donors (Lipinski definition) is 0. The van der Waals surface area contributed by atoms with E-state index in [0.717, 1.165) is 29.6 Å². The van der Waals surface area contributed by atoms with Crippen molar-refractivity contribution in [2.24, 2.45) is 40.4 Å². The lowest BCUT2D eigenvalue weighted by Crippen LogP contribution is -2.52. The summed E-state index contributed by atoms with van der Waals surface area (Å²) in [6, 6.07) is 0. The van der Waals surface area contributed by atoms with Gasteiger partial charge in [0.15, 0.2) is 0 Å². The third kappa shape index (κ3) is 1.94. The molecule has 0 aromatic carbocycles. The molecule has 0 aliphatic heterocycles. The van der Waals surface area contributed by atoms with Crippen LogP contribution < -0.4 is 0 Å². The first-order valence-electron chi connectivity index (χ1n) is 9.71. The van der Waals surface area contributed by atoms with E-state index < -0.39 is 0 Å². The van der Waals surface area contributed by atoms with Crippen LogP contribution in [0.5, 0.6) is 0 Å². The van der Waals surface area contributed by atoms with E-state index in [9.17, 15) is 0 Å². The van der Waals surface area contributed by atoms with Crippen LogP contribution in [0.15, 0.2) is 0 Å². The average Bonchev–Trinajstić information content (AvgIpc) is 2.76. The number of hydrogen-bond acceptors (Lipinski definition) is 0. The second-order valence-corrected chi connectivity index (χ2v) is 9.76. The lowest BCUT2D eigenvalue weighted by atomic mass is 9.43. The van der Waals surface area contributed by atoms with Crippen LogP contribution >= 0.6 is 0 Å². The topological polar surface area (TPSA) is 0 Å². The molecule has 0 spiro atoms. The predicted molar refractivity (Wildman–Crippen MR) is 90.4 cm³/mol. The first-order chi connectivity index (χ1) is 9.95. The highest BCUT2D eigenvalue weighted by Gasteiger charge is 2.58. The summed E-state index contributed by atoms with van der Waals surface area (Å²) in [5, 5.41) is 0. The van der Waals surface area contributed by atoms with Crippen molar-refractivity contribution in [2.75, 3.05) is 0 Å². The Bertz CT molecular complexity index is 418. The second-order valence-electron chi connectivity index (χ2n) is 9.76. The summed E-state index contributed by atoms with van der Waals surface area (Å²) in [5.74, 6) is 5.47. The monoisotopic (exact) mass is 284 g/mol. The molecule has 1 heteroatoms. The van der Waals surface area contributed by atoms with E-state index in [1.54, 1.807) is 0 Å². The highest BCUT2D eigenvalue weighted by Crippen LogP contribution is 2.68. The maximum atomic E-state index is 6.53. The van der Waals surface area contributed by atoms with Gasteiger partial charge in [0, 0.05) is 0 Å². The fourth-order valence-corrected chi connectivity index (χ4v) is 7.51. The van der Waals surface area contributed by atoms with Crippen molar-refractivity contribution in [3.63, 3.8) is 0 Å². The molecule has 0 bridgehead atoms. The van der Waals surface area contributed by atoms with E-state index >= 15 is 0 Å². The molecule has 4 saturated carbocycles. The van der Waals surface area contributed by atoms with Crippen molar-refractivity contribution in [3.05, 3.63) is 0 Å². The van der Waals surface area contributed by atoms with Gasteiger partial charge in [0.25, 0.3) is 0 Å². The molecular formula is C20H33B. The molecule has 0 aromatic heterocycles. The molecule has 2 radical (unpaired) electrons. The molecule has 4 rings (SSSR count). The van der Waals surface area contributed by atoms with Crippen LogP contribution in [-0.4, -0.2) is 7.85 Å². The molecule has 0 saturated heterocycles. The van der Waals surface area contributed by atoms with Gasteiger partial charge in [-0.3, -0.25) is 0 Å². The molecule has 0 N–H and O–H groups in total. The molecule has 8 unspecified atom stereocenters. The molecule has 116 valence electrons. The van der Waals surface area contributed by atoms with Gasteiger partial charge < -0.3 is 0 Å². The first kappa shape index (κ1) is 14.6. The summed E-state index contributed by atoms with van der Waals surface area (Å²) in [4.78, 5) is 0. The van der Waals surface area contributed by atoms with E-state index in [4.69, 9.17) is 7.85 Å². The van der Waals surface area contributed by atoms with Crippen LogP contribution in [0.2, 0.25) is 5.82 Å². The Kier molecular flexibility index (Phi) is 3.33. The number of fused-ring (bicyclic) bond motifs is 5. The highest BCUT2D eigenvalue weighted by atomic mass is 14.6. The average molecular weight is 284 g/mol. The summed E-state index contributed by atoms with van der Waals surface area (Å²) in [6.07, 6.45) is 13.2. The van der Waals surface area contributed by atoms with E-state index in [2.05, 4.69) is 20.8 Å². The van der Waals surface area contributed by atoms with Crippen molar-refractivity contribution in [1.82, 2.24) is 0 Å². The summed E-state index contributed by atoms with van der Waals surface area (Å²) in [7, 11) is 6.53. The Morgan fingerprint density at radius 2 is 1.52 bits per heavy atom. The predicted octanol–water partition coefficient (Wildman–Crippen LogP) is 5.62. The fourth-order valence-electron chi connectivity index (χ4n) is 7.51. The van der Waals surface area contributed by atoms with Crippen molar-refractivity contribution >= 4 is 7.85 Å². The van der Waals surface area contributed by atoms with Gasteiger partial charge in [0.2, 0.25) is 0 Å². The van der Waals surface area contributed by atoms with Gasteiger partial charge in [0.1, 0.15) is 0 Å². The van der Waals surface area contributed by atoms with E-state index in [0.29, 0.717) is 16.6 Å². The quantitative estimate of drug-likeness (QED) is 0.506. The first-order valence-corrected chi connectivity index (χ1v) is 9.71. The van der Waals surface area contributed by atoms with Crippen LogP contribution in [-0.2, 0) is 0 Å². The Balaban J connectivity index is 1.62. The largest absolute Gasteiger partial charge is 0.0718 e.